The van der Waals surface area contributed by atoms with Gasteiger partial charge in [-0.3, -0.25) is 9.59 Å². The van der Waals surface area contributed by atoms with Gasteiger partial charge in [0.15, 0.2) is 5.76 Å². The van der Waals surface area contributed by atoms with E-state index in [0.717, 1.165) is 5.56 Å². The van der Waals surface area contributed by atoms with Crippen LogP contribution in [0.4, 0.5) is 0 Å². The zero-order chi connectivity index (χ0) is 19.3. The van der Waals surface area contributed by atoms with Crippen molar-refractivity contribution in [1.29, 1.82) is 0 Å². The van der Waals surface area contributed by atoms with Crippen molar-refractivity contribution < 1.29 is 24.0 Å². The zero-order valence-corrected chi connectivity index (χ0v) is 15.4. The molecule has 0 saturated carbocycles. The van der Waals surface area contributed by atoms with E-state index in [1.165, 1.54) is 0 Å². The number of carbonyl (C=O) groups excluding carboxylic acids is 1. The minimum absolute atomic E-state index is 0.000741. The molecule has 2 aromatic rings. The van der Waals surface area contributed by atoms with Crippen LogP contribution in [0.1, 0.15) is 47.1 Å². The first-order chi connectivity index (χ1) is 12.3. The third-order valence-corrected chi connectivity index (χ3v) is 4.16. The van der Waals surface area contributed by atoms with E-state index in [2.05, 4.69) is 10.5 Å². The number of nitrogens with one attached hydrogen (secondary N) is 1. The van der Waals surface area contributed by atoms with Gasteiger partial charge in [0, 0.05) is 12.5 Å². The molecule has 7 heteroatoms. The van der Waals surface area contributed by atoms with Crippen LogP contribution < -0.4 is 10.1 Å². The fourth-order valence-electron chi connectivity index (χ4n) is 2.75. The second-order valence-electron chi connectivity index (χ2n) is 6.42. The van der Waals surface area contributed by atoms with Crippen molar-refractivity contribution in [1.82, 2.24) is 10.5 Å². The summed E-state index contributed by atoms with van der Waals surface area (Å²) < 4.78 is 10.5. The molecule has 26 heavy (non-hydrogen) atoms. The Kier molecular flexibility index (Phi) is 6.38. The van der Waals surface area contributed by atoms with E-state index in [1.54, 1.807) is 20.1 Å². The Morgan fingerprint density at radius 2 is 2.00 bits per heavy atom. The summed E-state index contributed by atoms with van der Waals surface area (Å²) in [6.07, 6.45) is 0.249. The topological polar surface area (TPSA) is 102 Å². The Morgan fingerprint density at radius 1 is 1.31 bits per heavy atom. The first-order valence-corrected chi connectivity index (χ1v) is 8.44. The molecule has 0 fully saturated rings. The highest BCUT2D eigenvalue weighted by Crippen LogP contribution is 2.23. The summed E-state index contributed by atoms with van der Waals surface area (Å²) in [6.45, 7) is 5.49. The Morgan fingerprint density at radius 3 is 2.62 bits per heavy atom. The lowest BCUT2D eigenvalue weighted by Gasteiger charge is -2.15. The molecule has 1 heterocycles. The van der Waals surface area contributed by atoms with Gasteiger partial charge in [-0.05, 0) is 25.0 Å². The number of carbonyl (C=O) groups is 2. The lowest BCUT2D eigenvalue weighted by molar-refractivity contribution is -0.141. The van der Waals surface area contributed by atoms with Crippen molar-refractivity contribution in [2.24, 2.45) is 5.92 Å². The molecule has 1 aromatic heterocycles. The molecule has 140 valence electrons. The maximum absolute atomic E-state index is 12.5. The molecule has 1 aromatic carbocycles. The van der Waals surface area contributed by atoms with Gasteiger partial charge < -0.3 is 19.7 Å². The van der Waals surface area contributed by atoms with Crippen LogP contribution >= 0.6 is 0 Å². The number of ether oxygens (including phenoxy) is 1. The zero-order valence-electron chi connectivity index (χ0n) is 15.4. The van der Waals surface area contributed by atoms with Crippen molar-refractivity contribution >= 4 is 11.9 Å². The number of benzene rings is 1. The summed E-state index contributed by atoms with van der Waals surface area (Å²) >= 11 is 0. The minimum atomic E-state index is -0.984. The smallest absolute Gasteiger partial charge is 0.308 e. The highest BCUT2D eigenvalue weighted by Gasteiger charge is 2.25. The van der Waals surface area contributed by atoms with Gasteiger partial charge in [-0.25, -0.2) is 0 Å². The van der Waals surface area contributed by atoms with Crippen LogP contribution in [0.3, 0.4) is 0 Å². The molecule has 0 spiro atoms. The van der Waals surface area contributed by atoms with E-state index in [4.69, 9.17) is 9.26 Å². The fourth-order valence-corrected chi connectivity index (χ4v) is 2.75. The summed E-state index contributed by atoms with van der Waals surface area (Å²) in [7, 11) is 1.54. The third kappa shape index (κ3) is 4.41. The lowest BCUT2D eigenvalue weighted by Crippen LogP contribution is -2.34. The number of aromatic nitrogens is 1. The Balaban J connectivity index is 2.11. The lowest BCUT2D eigenvalue weighted by atomic mass is 9.98. The molecule has 0 aliphatic heterocycles. The van der Waals surface area contributed by atoms with Gasteiger partial charge in [-0.2, -0.15) is 0 Å². The summed E-state index contributed by atoms with van der Waals surface area (Å²) in [5.74, 6) is -1.02. The largest absolute Gasteiger partial charge is 0.496 e. The second-order valence-corrected chi connectivity index (χ2v) is 6.42. The molecule has 0 aliphatic rings. The Bertz CT molecular complexity index is 782. The number of amides is 1. The number of hydrogen-bond acceptors (Lipinski definition) is 5. The van der Waals surface area contributed by atoms with Crippen LogP contribution in [0.15, 0.2) is 28.8 Å². The molecular weight excluding hydrogens is 336 g/mol. The van der Waals surface area contributed by atoms with Crippen molar-refractivity contribution in [3.8, 4) is 5.75 Å². The monoisotopic (exact) mass is 360 g/mol. The molecule has 7 nitrogen and oxygen atoms in total. The molecule has 0 radical (unpaired) electrons. The summed E-state index contributed by atoms with van der Waals surface area (Å²) in [5.41, 5.74) is 1.64. The van der Waals surface area contributed by atoms with Crippen LogP contribution in [-0.2, 0) is 11.2 Å². The van der Waals surface area contributed by atoms with Crippen molar-refractivity contribution in [2.75, 3.05) is 13.7 Å². The molecule has 0 bridgehead atoms. The number of carboxylic acids is 1. The molecule has 0 saturated heterocycles. The standard InChI is InChI=1S/C19H24N2O5/c1-11(2)17-16(12(3)21-26-17)18(22)20-10-14(19(23)24)9-13-7-5-6-8-15(13)25-4/h5-8,11,14H,9-10H2,1-4H3,(H,20,22)(H,23,24). The highest BCUT2D eigenvalue weighted by molar-refractivity contribution is 5.96. The van der Waals surface area contributed by atoms with Gasteiger partial charge in [0.2, 0.25) is 0 Å². The third-order valence-electron chi connectivity index (χ3n) is 4.16. The summed E-state index contributed by atoms with van der Waals surface area (Å²) in [4.78, 5) is 24.1. The second kappa shape index (κ2) is 8.51. The number of hydrogen-bond donors (Lipinski definition) is 2. The number of methoxy groups -OCH3 is 1. The average molecular weight is 360 g/mol. The van der Waals surface area contributed by atoms with E-state index in [9.17, 15) is 14.7 Å². The molecule has 1 atom stereocenters. The Labute approximate surface area is 152 Å². The SMILES string of the molecule is COc1ccccc1CC(CNC(=O)c1c(C)noc1C(C)C)C(=O)O. The maximum atomic E-state index is 12.5. The quantitative estimate of drug-likeness (QED) is 0.750. The fraction of sp³-hybridized carbons (Fsp3) is 0.421. The van der Waals surface area contributed by atoms with Crippen molar-refractivity contribution in [3.63, 3.8) is 0 Å². The number of aliphatic carboxylic acids is 1. The van der Waals surface area contributed by atoms with Crippen LogP contribution in [0, 0.1) is 12.8 Å². The predicted molar refractivity (Wildman–Crippen MR) is 95.5 cm³/mol. The number of aryl methyl sites for hydroxylation is 1. The van der Waals surface area contributed by atoms with E-state index >= 15 is 0 Å². The van der Waals surface area contributed by atoms with Gasteiger partial charge in [0.25, 0.3) is 5.91 Å². The molecule has 2 N–H and O–H groups in total. The van der Waals surface area contributed by atoms with Crippen LogP contribution in [0.2, 0.25) is 0 Å². The van der Waals surface area contributed by atoms with E-state index in [-0.39, 0.29) is 24.8 Å². The number of para-hydroxylation sites is 1. The number of carboxylic acid groups (broad SMARTS) is 1. The first kappa shape index (κ1) is 19.5. The molecular formula is C19H24N2O5. The molecule has 1 unspecified atom stereocenters. The van der Waals surface area contributed by atoms with Gasteiger partial charge in [-0.1, -0.05) is 37.2 Å². The first-order valence-electron chi connectivity index (χ1n) is 8.44. The van der Waals surface area contributed by atoms with Gasteiger partial charge in [0.05, 0.1) is 18.7 Å². The highest BCUT2D eigenvalue weighted by atomic mass is 16.5. The van der Waals surface area contributed by atoms with Crippen molar-refractivity contribution in [3.05, 3.63) is 46.8 Å². The molecule has 0 aliphatic carbocycles. The average Bonchev–Trinajstić information content (AvgIpc) is 3.00. The van der Waals surface area contributed by atoms with Gasteiger partial charge in [0.1, 0.15) is 11.3 Å². The van der Waals surface area contributed by atoms with Crippen LogP contribution in [-0.4, -0.2) is 35.8 Å². The van der Waals surface area contributed by atoms with E-state index < -0.39 is 11.9 Å². The van der Waals surface area contributed by atoms with Gasteiger partial charge in [-0.15, -0.1) is 0 Å². The van der Waals surface area contributed by atoms with Crippen LogP contribution in [0.5, 0.6) is 5.75 Å². The number of rotatable bonds is 8. The van der Waals surface area contributed by atoms with Crippen LogP contribution in [0.25, 0.3) is 0 Å². The van der Waals surface area contributed by atoms with E-state index in [0.29, 0.717) is 22.8 Å². The van der Waals surface area contributed by atoms with Gasteiger partial charge >= 0.3 is 5.97 Å². The minimum Gasteiger partial charge on any atom is -0.496 e. The Hall–Kier alpha value is -2.83. The molecule has 2 rings (SSSR count). The summed E-state index contributed by atoms with van der Waals surface area (Å²) in [6, 6.07) is 7.24. The van der Waals surface area contributed by atoms with Crippen molar-refractivity contribution in [2.45, 2.75) is 33.1 Å². The van der Waals surface area contributed by atoms with E-state index in [1.807, 2.05) is 32.0 Å². The summed E-state index contributed by atoms with van der Waals surface area (Å²) in [5, 5.41) is 16.1. The molecule has 1 amide bonds. The number of nitrogens with zero attached hydrogens (tertiary/aromatic N) is 1. The normalized spacial score (nSPS) is 12.0. The predicted octanol–water partition coefficient (Wildman–Crippen LogP) is 2.79. The maximum Gasteiger partial charge on any atom is 0.308 e.